The molecule has 0 atom stereocenters. The number of nitrogens with zero attached hydrogens (tertiary/aromatic N) is 1. The first-order valence-electron chi connectivity index (χ1n) is 6.03. The van der Waals surface area contributed by atoms with Crippen molar-refractivity contribution in [2.45, 2.75) is 6.61 Å². The van der Waals surface area contributed by atoms with E-state index in [1.165, 1.54) is 0 Å². The van der Waals surface area contributed by atoms with Crippen LogP contribution in [0.15, 0.2) is 59.7 Å². The van der Waals surface area contributed by atoms with Crippen molar-refractivity contribution in [3.63, 3.8) is 0 Å². The minimum absolute atomic E-state index is 0.556. The molecule has 1 aliphatic rings. The van der Waals surface area contributed by atoms with Crippen molar-refractivity contribution in [2.75, 3.05) is 0 Å². The molecule has 0 amide bonds. The number of hydrogen-bond acceptors (Lipinski definition) is 5. The van der Waals surface area contributed by atoms with Crippen molar-refractivity contribution in [1.29, 1.82) is 0 Å². The SMILES string of the molecule is c1ccc(COc2cccc(C3=NNNN3)c2)cc1. The highest BCUT2D eigenvalue weighted by molar-refractivity contribution is 5.99. The van der Waals surface area contributed by atoms with E-state index in [2.05, 4.69) is 21.6 Å². The quantitative estimate of drug-likeness (QED) is 0.774. The number of ether oxygens (including phenoxy) is 1. The van der Waals surface area contributed by atoms with Gasteiger partial charge in [0.2, 0.25) is 0 Å². The molecule has 5 nitrogen and oxygen atoms in total. The van der Waals surface area contributed by atoms with Crippen LogP contribution < -0.4 is 21.2 Å². The van der Waals surface area contributed by atoms with Crippen LogP contribution in [-0.2, 0) is 6.61 Å². The number of rotatable bonds is 4. The van der Waals surface area contributed by atoms with Crippen molar-refractivity contribution < 1.29 is 4.74 Å². The predicted octanol–water partition coefficient (Wildman–Crippen LogP) is 1.54. The Kier molecular flexibility index (Phi) is 3.29. The fraction of sp³-hybridized carbons (Fsp3) is 0.0714. The first-order chi connectivity index (χ1) is 9.42. The minimum atomic E-state index is 0.556. The van der Waals surface area contributed by atoms with Crippen LogP contribution in [0.1, 0.15) is 11.1 Å². The Morgan fingerprint density at radius 1 is 1.00 bits per heavy atom. The van der Waals surface area contributed by atoms with Crippen LogP contribution in [0.2, 0.25) is 0 Å². The van der Waals surface area contributed by atoms with E-state index in [-0.39, 0.29) is 0 Å². The lowest BCUT2D eigenvalue weighted by Gasteiger charge is -2.08. The lowest BCUT2D eigenvalue weighted by molar-refractivity contribution is 0.306. The van der Waals surface area contributed by atoms with E-state index in [0.29, 0.717) is 6.61 Å². The Morgan fingerprint density at radius 3 is 2.68 bits per heavy atom. The van der Waals surface area contributed by atoms with E-state index in [0.717, 1.165) is 22.7 Å². The van der Waals surface area contributed by atoms with Crippen molar-refractivity contribution in [3.8, 4) is 5.75 Å². The maximum atomic E-state index is 5.77. The Hall–Kier alpha value is -2.53. The zero-order valence-electron chi connectivity index (χ0n) is 10.3. The van der Waals surface area contributed by atoms with Crippen LogP contribution in [0.4, 0.5) is 0 Å². The molecule has 96 valence electrons. The normalized spacial score (nSPS) is 13.4. The second-order valence-electron chi connectivity index (χ2n) is 4.12. The third-order valence-corrected chi connectivity index (χ3v) is 2.76. The van der Waals surface area contributed by atoms with Gasteiger partial charge in [-0.25, -0.2) is 5.53 Å². The summed E-state index contributed by atoms with van der Waals surface area (Å²) in [6.45, 7) is 0.556. The Labute approximate surface area is 111 Å². The molecule has 3 rings (SSSR count). The number of hydrazone groups is 1. The minimum Gasteiger partial charge on any atom is -0.489 e. The second kappa shape index (κ2) is 5.41. The monoisotopic (exact) mass is 254 g/mol. The maximum absolute atomic E-state index is 5.77. The predicted molar refractivity (Wildman–Crippen MR) is 73.2 cm³/mol. The summed E-state index contributed by atoms with van der Waals surface area (Å²) in [7, 11) is 0. The van der Waals surface area contributed by atoms with Gasteiger partial charge in [-0.15, -0.1) is 10.6 Å². The molecule has 0 fully saturated rings. The molecule has 5 heteroatoms. The summed E-state index contributed by atoms with van der Waals surface area (Å²) in [5.74, 6) is 1.56. The van der Waals surface area contributed by atoms with E-state index in [9.17, 15) is 0 Å². The van der Waals surface area contributed by atoms with Crippen LogP contribution in [0, 0.1) is 0 Å². The highest BCUT2D eigenvalue weighted by Crippen LogP contribution is 2.15. The van der Waals surface area contributed by atoms with E-state index < -0.39 is 0 Å². The van der Waals surface area contributed by atoms with Gasteiger partial charge in [-0.2, -0.15) is 0 Å². The summed E-state index contributed by atoms with van der Waals surface area (Å²) in [5.41, 5.74) is 10.4. The molecule has 3 N–H and O–H groups in total. The summed E-state index contributed by atoms with van der Waals surface area (Å²) < 4.78 is 5.77. The molecule has 0 aliphatic carbocycles. The van der Waals surface area contributed by atoms with E-state index in [1.54, 1.807) is 0 Å². The molecule has 0 spiro atoms. The molecule has 0 aromatic heterocycles. The van der Waals surface area contributed by atoms with Crippen LogP contribution in [-0.4, -0.2) is 5.84 Å². The number of hydrogen-bond donors (Lipinski definition) is 3. The fourth-order valence-corrected chi connectivity index (χ4v) is 1.81. The van der Waals surface area contributed by atoms with Gasteiger partial charge in [-0.1, -0.05) is 42.5 Å². The van der Waals surface area contributed by atoms with Gasteiger partial charge in [-0.3, -0.25) is 5.43 Å². The summed E-state index contributed by atoms with van der Waals surface area (Å²) >= 11 is 0. The molecular formula is C14H14N4O. The molecule has 0 bridgehead atoms. The first-order valence-corrected chi connectivity index (χ1v) is 6.03. The van der Waals surface area contributed by atoms with Crippen LogP contribution in [0.5, 0.6) is 5.75 Å². The van der Waals surface area contributed by atoms with Crippen LogP contribution in [0.3, 0.4) is 0 Å². The van der Waals surface area contributed by atoms with Gasteiger partial charge in [-0.05, 0) is 17.7 Å². The molecule has 2 aromatic carbocycles. The van der Waals surface area contributed by atoms with Crippen molar-refractivity contribution in [3.05, 3.63) is 65.7 Å². The summed E-state index contributed by atoms with van der Waals surface area (Å²) in [5, 5.41) is 4.05. The molecule has 2 aromatic rings. The van der Waals surface area contributed by atoms with E-state index >= 15 is 0 Å². The Bertz CT molecular complexity index is 583. The highest BCUT2D eigenvalue weighted by atomic mass is 16.5. The lowest BCUT2D eigenvalue weighted by Crippen LogP contribution is -2.35. The molecular weight excluding hydrogens is 240 g/mol. The third-order valence-electron chi connectivity index (χ3n) is 2.76. The van der Waals surface area contributed by atoms with Crippen molar-refractivity contribution in [2.24, 2.45) is 5.10 Å². The van der Waals surface area contributed by atoms with E-state index in [4.69, 9.17) is 4.74 Å². The zero-order valence-corrected chi connectivity index (χ0v) is 10.3. The lowest BCUT2D eigenvalue weighted by atomic mass is 10.2. The van der Waals surface area contributed by atoms with Crippen molar-refractivity contribution >= 4 is 5.84 Å². The second-order valence-corrected chi connectivity index (χ2v) is 4.12. The largest absolute Gasteiger partial charge is 0.489 e. The number of hydrazine groups is 2. The Morgan fingerprint density at radius 2 is 1.89 bits per heavy atom. The molecule has 1 aliphatic heterocycles. The number of nitrogens with one attached hydrogen (secondary N) is 3. The van der Waals surface area contributed by atoms with Gasteiger partial charge >= 0.3 is 0 Å². The van der Waals surface area contributed by atoms with E-state index in [1.807, 2.05) is 54.6 Å². The molecule has 0 saturated carbocycles. The van der Waals surface area contributed by atoms with Gasteiger partial charge in [0.25, 0.3) is 0 Å². The smallest absolute Gasteiger partial charge is 0.170 e. The average molecular weight is 254 g/mol. The van der Waals surface area contributed by atoms with Gasteiger partial charge in [0, 0.05) is 5.56 Å². The van der Waals surface area contributed by atoms with Gasteiger partial charge in [0.1, 0.15) is 12.4 Å². The topological polar surface area (TPSA) is 57.7 Å². The Balaban J connectivity index is 1.70. The fourth-order valence-electron chi connectivity index (χ4n) is 1.81. The van der Waals surface area contributed by atoms with Crippen molar-refractivity contribution in [1.82, 2.24) is 16.5 Å². The first kappa shape index (κ1) is 11.6. The molecule has 0 unspecified atom stereocenters. The molecule has 0 saturated heterocycles. The van der Waals surface area contributed by atoms with Gasteiger partial charge in [0.15, 0.2) is 5.84 Å². The summed E-state index contributed by atoms with van der Waals surface area (Å²) in [4.78, 5) is 0. The van der Waals surface area contributed by atoms with Crippen LogP contribution in [0.25, 0.3) is 0 Å². The molecule has 1 heterocycles. The maximum Gasteiger partial charge on any atom is 0.170 e. The zero-order chi connectivity index (χ0) is 12.9. The summed E-state index contributed by atoms with van der Waals surface area (Å²) in [6, 6.07) is 17.9. The number of amidine groups is 1. The molecule has 0 radical (unpaired) electrons. The third kappa shape index (κ3) is 2.83. The number of benzene rings is 2. The van der Waals surface area contributed by atoms with Gasteiger partial charge in [0.05, 0.1) is 0 Å². The van der Waals surface area contributed by atoms with Crippen LogP contribution >= 0.6 is 0 Å². The average Bonchev–Trinajstić information content (AvgIpc) is 3.01. The highest BCUT2D eigenvalue weighted by Gasteiger charge is 2.08. The summed E-state index contributed by atoms with van der Waals surface area (Å²) in [6.07, 6.45) is 0. The molecule has 19 heavy (non-hydrogen) atoms. The standard InChI is InChI=1S/C14H14N4O/c1-2-5-11(6-3-1)10-19-13-8-4-7-12(9-13)14-15-17-18-16-14/h1-9,17-18H,10H2,(H,15,16). The van der Waals surface area contributed by atoms with Gasteiger partial charge < -0.3 is 4.74 Å².